The van der Waals surface area contributed by atoms with Crippen molar-refractivity contribution >= 4 is 33.8 Å². The summed E-state index contributed by atoms with van der Waals surface area (Å²) in [6.45, 7) is 26.6. The number of aromatic nitrogens is 1. The van der Waals surface area contributed by atoms with E-state index in [0.717, 1.165) is 39.2 Å². The number of anilines is 2. The van der Waals surface area contributed by atoms with Crippen LogP contribution in [0.5, 0.6) is 0 Å². The highest BCUT2D eigenvalue weighted by Gasteiger charge is 2.12. The van der Waals surface area contributed by atoms with E-state index in [9.17, 15) is 0 Å². The Morgan fingerprint density at radius 3 is 2.03 bits per heavy atom. The molecule has 0 aliphatic heterocycles. The topological polar surface area (TPSA) is 78.2 Å². The van der Waals surface area contributed by atoms with Crippen LogP contribution in [0.3, 0.4) is 0 Å². The average Bonchev–Trinajstić information content (AvgIpc) is 3.27. The van der Waals surface area contributed by atoms with Crippen molar-refractivity contribution in [1.82, 2.24) is 4.98 Å². The van der Waals surface area contributed by atoms with Crippen molar-refractivity contribution < 1.29 is 0 Å². The first-order valence-electron chi connectivity index (χ1n) is 11.7. The minimum atomic E-state index is 0.0502. The number of fused-ring (bicyclic) bond motifs is 1. The van der Waals surface area contributed by atoms with Crippen LogP contribution in [0.4, 0.5) is 11.4 Å². The summed E-state index contributed by atoms with van der Waals surface area (Å²) in [4.78, 5) is 7.71. The molecule has 0 spiro atoms. The smallest absolute Gasteiger partial charge is 0.125 e. The van der Waals surface area contributed by atoms with Gasteiger partial charge in [-0.3, -0.25) is 0 Å². The first kappa shape index (κ1) is 29.0. The second-order valence-electron chi connectivity index (χ2n) is 8.64. The molecule has 35 heavy (non-hydrogen) atoms. The maximum atomic E-state index is 6.04. The zero-order valence-corrected chi connectivity index (χ0v) is 22.1. The van der Waals surface area contributed by atoms with Crippen molar-refractivity contribution in [2.75, 3.05) is 10.6 Å². The Kier molecular flexibility index (Phi) is 11.3. The zero-order valence-electron chi connectivity index (χ0n) is 22.1. The van der Waals surface area contributed by atoms with Crippen LogP contribution < -0.4 is 16.4 Å². The van der Waals surface area contributed by atoms with Gasteiger partial charge in [0.2, 0.25) is 0 Å². The summed E-state index contributed by atoms with van der Waals surface area (Å²) in [5.41, 5.74) is 11.9. The molecule has 0 unspecified atom stereocenters. The number of H-pyrrole nitrogens is 1. The number of nitrogens with one attached hydrogen (secondary N) is 3. The third-order valence-corrected chi connectivity index (χ3v) is 5.14. The number of aliphatic imine (C=N–C) groups is 1. The van der Waals surface area contributed by atoms with E-state index in [1.54, 1.807) is 0 Å². The quantitative estimate of drug-likeness (QED) is 0.159. The van der Waals surface area contributed by atoms with E-state index in [4.69, 9.17) is 5.73 Å². The molecule has 0 aliphatic rings. The maximum absolute atomic E-state index is 6.04. The van der Waals surface area contributed by atoms with Gasteiger partial charge >= 0.3 is 0 Å². The van der Waals surface area contributed by atoms with Crippen molar-refractivity contribution in [1.29, 1.82) is 0 Å². The monoisotopic (exact) mass is 471 g/mol. The van der Waals surface area contributed by atoms with Crippen LogP contribution in [-0.2, 0) is 0 Å². The lowest BCUT2D eigenvalue weighted by Gasteiger charge is -2.19. The number of nitrogens with zero attached hydrogens (tertiary/aromatic N) is 1. The highest BCUT2D eigenvalue weighted by molar-refractivity contribution is 5.93. The van der Waals surface area contributed by atoms with Crippen LogP contribution in [0, 0.1) is 5.41 Å². The predicted molar refractivity (Wildman–Crippen MR) is 158 cm³/mol. The van der Waals surface area contributed by atoms with Gasteiger partial charge in [0.25, 0.3) is 0 Å². The Hall–Kier alpha value is -3.99. The summed E-state index contributed by atoms with van der Waals surface area (Å²) in [5.74, 6) is 0.913. The molecule has 5 heteroatoms. The summed E-state index contributed by atoms with van der Waals surface area (Å²) in [5, 5.41) is 7.66. The fraction of sp³-hybridized carbons (Fsp3) is 0.233. The number of nitrogens with two attached hydrogens (primary N) is 1. The standard InChI is InChI=1S/C26H31N5.C2H6.C2H4/c1-17(26(4,5)6)15-25(27)30-19(3)29-22-13-11-21(12-14-22)28-18(2)24-16-20-9-7-8-10-23(20)31-24;2*1-2/h7-16,28-29,31H,2-3H2,1,4-6H3,(H2,27,30);1-2H3;1-2H2/b17-15+;;. The fourth-order valence-corrected chi connectivity index (χ4v) is 2.94. The van der Waals surface area contributed by atoms with Gasteiger partial charge in [-0.05, 0) is 54.8 Å². The van der Waals surface area contributed by atoms with Gasteiger partial charge in [-0.1, -0.05) is 71.5 Å². The van der Waals surface area contributed by atoms with Gasteiger partial charge in [0, 0.05) is 22.3 Å². The average molecular weight is 472 g/mol. The first-order valence-corrected chi connectivity index (χ1v) is 11.7. The molecule has 0 atom stereocenters. The van der Waals surface area contributed by atoms with Crippen molar-refractivity contribution in [2.45, 2.75) is 41.5 Å². The number of amidine groups is 1. The summed E-state index contributed by atoms with van der Waals surface area (Å²) in [6, 6.07) is 18.1. The number of para-hydroxylation sites is 1. The van der Waals surface area contributed by atoms with E-state index in [0.29, 0.717) is 11.7 Å². The maximum Gasteiger partial charge on any atom is 0.125 e. The molecular formula is C30H41N5. The van der Waals surface area contributed by atoms with Crippen LogP contribution in [0.1, 0.15) is 47.2 Å². The molecular weight excluding hydrogens is 430 g/mol. The largest absolute Gasteiger partial charge is 0.384 e. The molecule has 0 saturated heterocycles. The first-order chi connectivity index (χ1) is 16.6. The van der Waals surface area contributed by atoms with E-state index < -0.39 is 0 Å². The highest BCUT2D eigenvalue weighted by Crippen LogP contribution is 2.24. The number of hydrogen-bond donors (Lipinski definition) is 4. The van der Waals surface area contributed by atoms with Crippen LogP contribution in [-0.4, -0.2) is 10.8 Å². The van der Waals surface area contributed by atoms with Crippen LogP contribution in [0.15, 0.2) is 103 Å². The molecule has 0 bridgehead atoms. The lowest BCUT2D eigenvalue weighted by atomic mass is 9.87. The molecule has 5 N–H and O–H groups in total. The number of benzene rings is 2. The minimum Gasteiger partial charge on any atom is -0.384 e. The fourth-order valence-electron chi connectivity index (χ4n) is 2.94. The molecule has 1 heterocycles. The summed E-state index contributed by atoms with van der Waals surface area (Å²) >= 11 is 0. The number of aromatic amines is 1. The molecule has 186 valence electrons. The second kappa shape index (κ2) is 13.7. The van der Waals surface area contributed by atoms with E-state index in [1.165, 1.54) is 0 Å². The SMILES string of the molecule is C=C.C=C(/N=C(N)\C=C(/C)C(C)(C)C)Nc1ccc(NC(=C)c2cc3ccccc3[nH]2)cc1.CC. The molecule has 3 rings (SSSR count). The van der Waals surface area contributed by atoms with Crippen molar-refractivity contribution in [3.05, 3.63) is 104 Å². The Morgan fingerprint density at radius 1 is 0.943 bits per heavy atom. The molecule has 0 amide bonds. The van der Waals surface area contributed by atoms with Crippen molar-refractivity contribution in [2.24, 2.45) is 16.1 Å². The van der Waals surface area contributed by atoms with Crippen molar-refractivity contribution in [3.8, 4) is 0 Å². The van der Waals surface area contributed by atoms with Crippen LogP contribution in [0.2, 0.25) is 0 Å². The lowest BCUT2D eigenvalue weighted by molar-refractivity contribution is 0.504. The Bertz CT molecular complexity index is 1140. The molecule has 0 radical (unpaired) electrons. The molecule has 2 aromatic carbocycles. The predicted octanol–water partition coefficient (Wildman–Crippen LogP) is 8.31. The van der Waals surface area contributed by atoms with Gasteiger partial charge in [-0.15, -0.1) is 13.2 Å². The summed E-state index contributed by atoms with van der Waals surface area (Å²) in [7, 11) is 0. The van der Waals surface area contributed by atoms with Gasteiger partial charge in [0.1, 0.15) is 11.7 Å². The number of hydrogen-bond acceptors (Lipinski definition) is 3. The molecule has 0 fully saturated rings. The molecule has 5 nitrogen and oxygen atoms in total. The van der Waals surface area contributed by atoms with Gasteiger partial charge in [0.15, 0.2) is 0 Å². The molecule has 0 saturated carbocycles. The second-order valence-corrected chi connectivity index (χ2v) is 8.64. The van der Waals surface area contributed by atoms with Gasteiger partial charge in [0.05, 0.1) is 11.4 Å². The Labute approximate surface area is 211 Å². The van der Waals surface area contributed by atoms with E-state index in [-0.39, 0.29) is 5.41 Å². The highest BCUT2D eigenvalue weighted by atomic mass is 15.1. The van der Waals surface area contributed by atoms with E-state index >= 15 is 0 Å². The van der Waals surface area contributed by atoms with Gasteiger partial charge in [-0.25, -0.2) is 4.99 Å². The van der Waals surface area contributed by atoms with E-state index in [1.807, 2.05) is 63.2 Å². The lowest BCUT2D eigenvalue weighted by Crippen LogP contribution is -2.15. The molecule has 1 aromatic heterocycles. The zero-order chi connectivity index (χ0) is 26.6. The summed E-state index contributed by atoms with van der Waals surface area (Å²) < 4.78 is 0. The normalized spacial score (nSPS) is 11.5. The van der Waals surface area contributed by atoms with E-state index in [2.05, 4.69) is 85.9 Å². The van der Waals surface area contributed by atoms with Gasteiger partial charge < -0.3 is 21.4 Å². The Morgan fingerprint density at radius 2 is 1.49 bits per heavy atom. The van der Waals surface area contributed by atoms with Crippen LogP contribution in [0.25, 0.3) is 16.6 Å². The number of allylic oxidation sites excluding steroid dienone is 1. The minimum absolute atomic E-state index is 0.0502. The summed E-state index contributed by atoms with van der Waals surface area (Å²) in [6.07, 6.45) is 1.88. The van der Waals surface area contributed by atoms with Crippen molar-refractivity contribution in [3.63, 3.8) is 0 Å². The Balaban J connectivity index is 0.00000145. The third-order valence-electron chi connectivity index (χ3n) is 5.14. The van der Waals surface area contributed by atoms with Crippen LogP contribution >= 0.6 is 0 Å². The molecule has 3 aromatic rings. The number of rotatable bonds is 7. The van der Waals surface area contributed by atoms with Gasteiger partial charge in [-0.2, -0.15) is 0 Å². The molecule has 0 aliphatic carbocycles. The third kappa shape index (κ3) is 9.05.